The lowest BCUT2D eigenvalue weighted by Crippen LogP contribution is -2.13. The quantitative estimate of drug-likeness (QED) is 0.320. The highest BCUT2D eigenvalue weighted by atomic mass is 16.5. The van der Waals surface area contributed by atoms with Crippen LogP contribution in [0.15, 0.2) is 66.7 Å². The number of aryl methyl sites for hydroxylation is 1. The molecule has 4 aromatic rings. The molecular weight excluding hydrogens is 400 g/mol. The summed E-state index contributed by atoms with van der Waals surface area (Å²) in [6, 6.07) is 22.2. The molecule has 0 unspecified atom stereocenters. The molecule has 0 aliphatic heterocycles. The van der Waals surface area contributed by atoms with Gasteiger partial charge in [0.05, 0.1) is 24.7 Å². The molecule has 5 heteroatoms. The highest BCUT2D eigenvalue weighted by Crippen LogP contribution is 2.28. The maximum Gasteiger partial charge on any atom is 0.148 e. The molecule has 0 spiro atoms. The van der Waals surface area contributed by atoms with Gasteiger partial charge in [0.2, 0.25) is 0 Å². The lowest BCUT2D eigenvalue weighted by atomic mass is 10.0. The highest BCUT2D eigenvalue weighted by Gasteiger charge is 2.13. The fraction of sp³-hybridized carbons (Fsp3) is 0.296. The van der Waals surface area contributed by atoms with Crippen molar-refractivity contribution in [1.82, 2.24) is 9.55 Å². The number of nitrogens with zero attached hydrogens (tertiary/aromatic N) is 2. The summed E-state index contributed by atoms with van der Waals surface area (Å²) >= 11 is 0. The lowest BCUT2D eigenvalue weighted by Gasteiger charge is -2.16. The number of hydrogen-bond acceptors (Lipinski definition) is 4. The topological polar surface area (TPSA) is 45.5 Å². The molecule has 0 aliphatic rings. The Bertz CT molecular complexity index is 1200. The first-order valence-corrected chi connectivity index (χ1v) is 11.0. The van der Waals surface area contributed by atoms with E-state index in [-0.39, 0.29) is 0 Å². The predicted octanol–water partition coefficient (Wildman–Crippen LogP) is 6.13. The molecule has 0 atom stereocenters. The van der Waals surface area contributed by atoms with Gasteiger partial charge in [0.1, 0.15) is 36.3 Å². The first-order valence-electron chi connectivity index (χ1n) is 11.0. The molecule has 166 valence electrons. The van der Waals surface area contributed by atoms with Gasteiger partial charge in [0.25, 0.3) is 0 Å². The van der Waals surface area contributed by atoms with E-state index < -0.39 is 0 Å². The van der Waals surface area contributed by atoms with Gasteiger partial charge in [-0.1, -0.05) is 44.2 Å². The third kappa shape index (κ3) is 4.88. The van der Waals surface area contributed by atoms with Crippen molar-refractivity contribution in [3.05, 3.63) is 83.7 Å². The molecule has 0 bridgehead atoms. The van der Waals surface area contributed by atoms with E-state index >= 15 is 0 Å². The van der Waals surface area contributed by atoms with E-state index in [0.717, 1.165) is 34.1 Å². The number of imidazole rings is 1. The van der Waals surface area contributed by atoms with Crippen LogP contribution in [0.2, 0.25) is 0 Å². The van der Waals surface area contributed by atoms with Crippen LogP contribution in [0.1, 0.15) is 36.7 Å². The van der Waals surface area contributed by atoms with Crippen LogP contribution in [0.3, 0.4) is 0 Å². The Morgan fingerprint density at radius 1 is 0.906 bits per heavy atom. The predicted molar refractivity (Wildman–Crippen MR) is 128 cm³/mol. The Labute approximate surface area is 189 Å². The molecule has 0 radical (unpaired) electrons. The van der Waals surface area contributed by atoms with E-state index in [9.17, 15) is 0 Å². The van der Waals surface area contributed by atoms with E-state index in [1.54, 1.807) is 7.11 Å². The van der Waals surface area contributed by atoms with Crippen LogP contribution >= 0.6 is 0 Å². The van der Waals surface area contributed by atoms with Crippen LogP contribution < -0.4 is 14.2 Å². The largest absolute Gasteiger partial charge is 0.497 e. The zero-order chi connectivity index (χ0) is 22.5. The van der Waals surface area contributed by atoms with E-state index in [2.05, 4.69) is 49.6 Å². The second-order valence-corrected chi connectivity index (χ2v) is 8.18. The van der Waals surface area contributed by atoms with E-state index in [0.29, 0.717) is 25.7 Å². The van der Waals surface area contributed by atoms with Crippen molar-refractivity contribution in [2.75, 3.05) is 13.7 Å². The molecule has 1 aromatic heterocycles. The van der Waals surface area contributed by atoms with Crippen LogP contribution in [0.4, 0.5) is 0 Å². The number of rotatable bonds is 9. The van der Waals surface area contributed by atoms with Gasteiger partial charge in [-0.3, -0.25) is 0 Å². The zero-order valence-electron chi connectivity index (χ0n) is 19.2. The monoisotopic (exact) mass is 430 g/mol. The SMILES string of the molecule is COc1cccc(OCc2nc3ccccc3n2CCOc2cc(C)ccc2C(C)C)c1. The van der Waals surface area contributed by atoms with Crippen molar-refractivity contribution < 1.29 is 14.2 Å². The van der Waals surface area contributed by atoms with E-state index in [4.69, 9.17) is 19.2 Å². The number of hydrogen-bond donors (Lipinski definition) is 0. The molecule has 0 fully saturated rings. The summed E-state index contributed by atoms with van der Waals surface area (Å²) in [6.07, 6.45) is 0. The number of methoxy groups -OCH3 is 1. The summed E-state index contributed by atoms with van der Waals surface area (Å²) in [4.78, 5) is 4.81. The number of benzene rings is 3. The molecule has 0 saturated carbocycles. The number of fused-ring (bicyclic) bond motifs is 1. The van der Waals surface area contributed by atoms with Crippen molar-refractivity contribution in [2.45, 2.75) is 39.8 Å². The number of ether oxygens (including phenoxy) is 3. The standard InChI is InChI=1S/C27H30N2O3/c1-19(2)23-13-12-20(3)16-26(23)31-15-14-29-25-11-6-5-10-24(25)28-27(29)18-32-22-9-7-8-21(17-22)30-4/h5-13,16-17,19H,14-15,18H2,1-4H3. The van der Waals surface area contributed by atoms with Gasteiger partial charge in [-0.05, 0) is 54.3 Å². The minimum atomic E-state index is 0.365. The smallest absolute Gasteiger partial charge is 0.148 e. The maximum atomic E-state index is 6.24. The van der Waals surface area contributed by atoms with Crippen LogP contribution in [0, 0.1) is 6.92 Å². The summed E-state index contributed by atoms with van der Waals surface area (Å²) in [5, 5.41) is 0. The molecule has 3 aromatic carbocycles. The minimum absolute atomic E-state index is 0.365. The maximum absolute atomic E-state index is 6.24. The van der Waals surface area contributed by atoms with Gasteiger partial charge in [-0.2, -0.15) is 0 Å². The molecule has 32 heavy (non-hydrogen) atoms. The molecule has 5 nitrogen and oxygen atoms in total. The third-order valence-corrected chi connectivity index (χ3v) is 5.51. The van der Waals surface area contributed by atoms with Gasteiger partial charge < -0.3 is 18.8 Å². The van der Waals surface area contributed by atoms with Crippen molar-refractivity contribution in [3.63, 3.8) is 0 Å². The summed E-state index contributed by atoms with van der Waals surface area (Å²) in [6.45, 7) is 8.07. The molecule has 0 N–H and O–H groups in total. The summed E-state index contributed by atoms with van der Waals surface area (Å²) in [5.41, 5.74) is 4.46. The summed E-state index contributed by atoms with van der Waals surface area (Å²) in [5.74, 6) is 3.75. The van der Waals surface area contributed by atoms with Gasteiger partial charge in [0.15, 0.2) is 0 Å². The fourth-order valence-electron chi connectivity index (χ4n) is 3.81. The zero-order valence-corrected chi connectivity index (χ0v) is 19.2. The normalized spacial score (nSPS) is 11.2. The Balaban J connectivity index is 1.52. The van der Waals surface area contributed by atoms with E-state index in [1.165, 1.54) is 11.1 Å². The Hall–Kier alpha value is -3.47. The summed E-state index contributed by atoms with van der Waals surface area (Å²) in [7, 11) is 1.65. The molecule has 0 amide bonds. The Morgan fingerprint density at radius 3 is 2.53 bits per heavy atom. The first kappa shape index (κ1) is 21.8. The minimum Gasteiger partial charge on any atom is -0.497 e. The number of para-hydroxylation sites is 2. The second kappa shape index (κ2) is 9.77. The molecular formula is C27H30N2O3. The fourth-order valence-corrected chi connectivity index (χ4v) is 3.81. The van der Waals surface area contributed by atoms with E-state index in [1.807, 2.05) is 42.5 Å². The van der Waals surface area contributed by atoms with Crippen molar-refractivity contribution in [3.8, 4) is 17.2 Å². The lowest BCUT2D eigenvalue weighted by molar-refractivity contribution is 0.270. The van der Waals surface area contributed by atoms with Gasteiger partial charge in [-0.15, -0.1) is 0 Å². The van der Waals surface area contributed by atoms with Gasteiger partial charge in [0, 0.05) is 6.07 Å². The molecule has 4 rings (SSSR count). The second-order valence-electron chi connectivity index (χ2n) is 8.18. The van der Waals surface area contributed by atoms with Crippen LogP contribution in [0.5, 0.6) is 17.2 Å². The Kier molecular flexibility index (Phi) is 6.64. The first-order chi connectivity index (χ1) is 15.5. The van der Waals surface area contributed by atoms with Crippen LogP contribution in [-0.4, -0.2) is 23.3 Å². The molecule has 1 heterocycles. The van der Waals surface area contributed by atoms with Crippen LogP contribution in [-0.2, 0) is 13.2 Å². The van der Waals surface area contributed by atoms with Crippen molar-refractivity contribution in [2.24, 2.45) is 0 Å². The molecule has 0 saturated heterocycles. The van der Waals surface area contributed by atoms with Gasteiger partial charge >= 0.3 is 0 Å². The Morgan fingerprint density at radius 2 is 1.72 bits per heavy atom. The van der Waals surface area contributed by atoms with Crippen molar-refractivity contribution >= 4 is 11.0 Å². The summed E-state index contributed by atoms with van der Waals surface area (Å²) < 4.78 is 19.7. The average molecular weight is 431 g/mol. The molecule has 0 aliphatic carbocycles. The van der Waals surface area contributed by atoms with Gasteiger partial charge in [-0.25, -0.2) is 4.98 Å². The van der Waals surface area contributed by atoms with Crippen LogP contribution in [0.25, 0.3) is 11.0 Å². The third-order valence-electron chi connectivity index (χ3n) is 5.51. The number of aromatic nitrogens is 2. The van der Waals surface area contributed by atoms with Crippen molar-refractivity contribution in [1.29, 1.82) is 0 Å². The highest BCUT2D eigenvalue weighted by molar-refractivity contribution is 5.75. The average Bonchev–Trinajstić information content (AvgIpc) is 3.15.